The van der Waals surface area contributed by atoms with Crippen LogP contribution in [0.3, 0.4) is 0 Å². The molecule has 0 fully saturated rings. The van der Waals surface area contributed by atoms with Crippen LogP contribution in [0.2, 0.25) is 0 Å². The van der Waals surface area contributed by atoms with Crippen molar-refractivity contribution in [1.29, 1.82) is 0 Å². The van der Waals surface area contributed by atoms with Crippen LogP contribution in [0.1, 0.15) is 11.7 Å². The van der Waals surface area contributed by atoms with Gasteiger partial charge in [0.15, 0.2) is 0 Å². The van der Waals surface area contributed by atoms with Crippen molar-refractivity contribution in [2.45, 2.75) is 6.17 Å². The molecule has 1 aromatic rings. The van der Waals surface area contributed by atoms with Crippen LogP contribution in [-0.4, -0.2) is 13.6 Å². The number of rotatable bonds is 3. The standard InChI is InChI=1S/C9H10F3N/c1-13-5-9(12)7-3-2-6(10)4-8(7)11/h2-4,9,13H,5H2,1H3. The van der Waals surface area contributed by atoms with Crippen LogP contribution in [-0.2, 0) is 0 Å². The lowest BCUT2D eigenvalue weighted by Crippen LogP contribution is -2.14. The van der Waals surface area contributed by atoms with E-state index >= 15 is 0 Å². The minimum Gasteiger partial charge on any atom is -0.317 e. The predicted octanol–water partition coefficient (Wildman–Crippen LogP) is 2.19. The topological polar surface area (TPSA) is 12.0 Å². The molecular weight excluding hydrogens is 179 g/mol. The van der Waals surface area contributed by atoms with Gasteiger partial charge in [0, 0.05) is 18.2 Å². The molecular formula is C9H10F3N. The SMILES string of the molecule is CNCC(F)c1ccc(F)cc1F. The zero-order chi connectivity index (χ0) is 9.84. The average Bonchev–Trinajstić information content (AvgIpc) is 2.04. The maximum absolute atomic E-state index is 13.1. The van der Waals surface area contributed by atoms with Crippen molar-refractivity contribution in [3.8, 4) is 0 Å². The molecule has 0 saturated heterocycles. The summed E-state index contributed by atoms with van der Waals surface area (Å²) in [6.07, 6.45) is -1.44. The molecule has 1 unspecified atom stereocenters. The van der Waals surface area contributed by atoms with Gasteiger partial charge >= 0.3 is 0 Å². The average molecular weight is 189 g/mol. The van der Waals surface area contributed by atoms with Gasteiger partial charge in [0.2, 0.25) is 0 Å². The highest BCUT2D eigenvalue weighted by molar-refractivity contribution is 5.21. The maximum atomic E-state index is 13.1. The molecule has 0 aromatic heterocycles. The van der Waals surface area contributed by atoms with Crippen LogP contribution < -0.4 is 5.32 Å². The van der Waals surface area contributed by atoms with E-state index in [0.29, 0.717) is 6.07 Å². The third-order valence-electron chi connectivity index (χ3n) is 1.68. The molecule has 0 heterocycles. The van der Waals surface area contributed by atoms with Crippen molar-refractivity contribution in [3.63, 3.8) is 0 Å². The number of nitrogens with one attached hydrogen (secondary N) is 1. The Balaban J connectivity index is 2.88. The van der Waals surface area contributed by atoms with Gasteiger partial charge in [0.1, 0.15) is 17.8 Å². The summed E-state index contributed by atoms with van der Waals surface area (Å²) < 4.78 is 38.4. The zero-order valence-electron chi connectivity index (χ0n) is 7.15. The van der Waals surface area contributed by atoms with E-state index in [4.69, 9.17) is 0 Å². The lowest BCUT2D eigenvalue weighted by atomic mass is 10.1. The maximum Gasteiger partial charge on any atom is 0.140 e. The van der Waals surface area contributed by atoms with Gasteiger partial charge in [-0.3, -0.25) is 0 Å². The Morgan fingerprint density at radius 1 is 1.38 bits per heavy atom. The van der Waals surface area contributed by atoms with Crippen LogP contribution in [0.4, 0.5) is 13.2 Å². The number of halogens is 3. The van der Waals surface area contributed by atoms with Crippen molar-refractivity contribution in [2.75, 3.05) is 13.6 Å². The number of hydrogen-bond donors (Lipinski definition) is 1. The van der Waals surface area contributed by atoms with Crippen molar-refractivity contribution in [1.82, 2.24) is 5.32 Å². The van der Waals surface area contributed by atoms with E-state index in [-0.39, 0.29) is 12.1 Å². The quantitative estimate of drug-likeness (QED) is 0.768. The van der Waals surface area contributed by atoms with Gasteiger partial charge < -0.3 is 5.32 Å². The van der Waals surface area contributed by atoms with E-state index < -0.39 is 17.8 Å². The summed E-state index contributed by atoms with van der Waals surface area (Å²) in [4.78, 5) is 0. The Bertz CT molecular complexity index is 288. The first-order valence-electron chi connectivity index (χ1n) is 3.88. The highest BCUT2D eigenvalue weighted by atomic mass is 19.1. The summed E-state index contributed by atoms with van der Waals surface area (Å²) in [6.45, 7) is 0.0164. The first-order chi connectivity index (χ1) is 6.15. The number of hydrogen-bond acceptors (Lipinski definition) is 1. The molecule has 0 radical (unpaired) electrons. The fraction of sp³-hybridized carbons (Fsp3) is 0.333. The Morgan fingerprint density at radius 3 is 2.62 bits per heavy atom. The summed E-state index contributed by atoms with van der Waals surface area (Å²) in [7, 11) is 1.56. The normalized spacial score (nSPS) is 12.9. The lowest BCUT2D eigenvalue weighted by molar-refractivity contribution is 0.324. The lowest BCUT2D eigenvalue weighted by Gasteiger charge is -2.08. The number of likely N-dealkylation sites (N-methyl/N-ethyl adjacent to an activating group) is 1. The minimum absolute atomic E-state index is 0.0164. The molecule has 0 saturated carbocycles. The second-order valence-electron chi connectivity index (χ2n) is 2.69. The highest BCUT2D eigenvalue weighted by Crippen LogP contribution is 2.20. The van der Waals surface area contributed by atoms with Crippen LogP contribution in [0.5, 0.6) is 0 Å². The number of alkyl halides is 1. The largest absolute Gasteiger partial charge is 0.317 e. The molecule has 0 amide bonds. The van der Waals surface area contributed by atoms with Crippen molar-refractivity contribution in [3.05, 3.63) is 35.4 Å². The first kappa shape index (κ1) is 10.1. The third-order valence-corrected chi connectivity index (χ3v) is 1.68. The molecule has 1 nitrogen and oxygen atoms in total. The van der Waals surface area contributed by atoms with Crippen molar-refractivity contribution >= 4 is 0 Å². The molecule has 4 heteroatoms. The van der Waals surface area contributed by atoms with E-state index in [1.54, 1.807) is 7.05 Å². The molecule has 1 aromatic carbocycles. The van der Waals surface area contributed by atoms with Gasteiger partial charge in [-0.2, -0.15) is 0 Å². The fourth-order valence-corrected chi connectivity index (χ4v) is 1.04. The Morgan fingerprint density at radius 2 is 2.08 bits per heavy atom. The third kappa shape index (κ3) is 2.45. The van der Waals surface area contributed by atoms with Crippen LogP contribution >= 0.6 is 0 Å². The monoisotopic (exact) mass is 189 g/mol. The Kier molecular flexibility index (Phi) is 3.31. The van der Waals surface area contributed by atoms with Crippen molar-refractivity contribution in [2.24, 2.45) is 0 Å². The molecule has 0 aliphatic heterocycles. The second kappa shape index (κ2) is 4.28. The summed E-state index contributed by atoms with van der Waals surface area (Å²) >= 11 is 0. The van der Waals surface area contributed by atoms with E-state index in [9.17, 15) is 13.2 Å². The van der Waals surface area contributed by atoms with Gasteiger partial charge in [0.25, 0.3) is 0 Å². The molecule has 0 aliphatic carbocycles. The Hall–Kier alpha value is -1.03. The molecule has 13 heavy (non-hydrogen) atoms. The van der Waals surface area contributed by atoms with Gasteiger partial charge in [-0.05, 0) is 13.1 Å². The molecule has 1 N–H and O–H groups in total. The molecule has 1 atom stereocenters. The van der Waals surface area contributed by atoms with Crippen LogP contribution in [0.25, 0.3) is 0 Å². The van der Waals surface area contributed by atoms with E-state index in [1.165, 1.54) is 0 Å². The smallest absolute Gasteiger partial charge is 0.140 e. The van der Waals surface area contributed by atoms with E-state index in [1.807, 2.05) is 0 Å². The number of benzene rings is 1. The second-order valence-corrected chi connectivity index (χ2v) is 2.69. The zero-order valence-corrected chi connectivity index (χ0v) is 7.15. The van der Waals surface area contributed by atoms with Gasteiger partial charge in [-0.1, -0.05) is 6.07 Å². The summed E-state index contributed by atoms with van der Waals surface area (Å²) in [5.74, 6) is -1.54. The van der Waals surface area contributed by atoms with Gasteiger partial charge in [0.05, 0.1) is 0 Å². The van der Waals surface area contributed by atoms with Crippen LogP contribution in [0.15, 0.2) is 18.2 Å². The van der Waals surface area contributed by atoms with Crippen molar-refractivity contribution < 1.29 is 13.2 Å². The molecule has 72 valence electrons. The van der Waals surface area contributed by atoms with E-state index in [2.05, 4.69) is 5.32 Å². The van der Waals surface area contributed by atoms with Crippen LogP contribution in [0, 0.1) is 11.6 Å². The summed E-state index contributed by atoms with van der Waals surface area (Å²) in [5, 5.41) is 2.57. The molecule has 0 bridgehead atoms. The highest BCUT2D eigenvalue weighted by Gasteiger charge is 2.13. The fourth-order valence-electron chi connectivity index (χ4n) is 1.04. The van der Waals surface area contributed by atoms with Gasteiger partial charge in [-0.15, -0.1) is 0 Å². The molecule has 1 rings (SSSR count). The molecule has 0 spiro atoms. The minimum atomic E-state index is -1.44. The first-order valence-corrected chi connectivity index (χ1v) is 3.88. The summed E-state index contributed by atoms with van der Waals surface area (Å²) in [6, 6.07) is 2.84. The molecule has 0 aliphatic rings. The Labute approximate surface area is 74.6 Å². The summed E-state index contributed by atoms with van der Waals surface area (Å²) in [5.41, 5.74) is -0.115. The predicted molar refractivity (Wildman–Crippen MR) is 44.1 cm³/mol. The van der Waals surface area contributed by atoms with E-state index in [0.717, 1.165) is 12.1 Å². The van der Waals surface area contributed by atoms with Gasteiger partial charge in [-0.25, -0.2) is 13.2 Å².